The molecule has 0 bridgehead atoms. The summed E-state index contributed by atoms with van der Waals surface area (Å²) in [6, 6.07) is 35.1. The van der Waals surface area contributed by atoms with Crippen LogP contribution in [0.3, 0.4) is 0 Å². The van der Waals surface area contributed by atoms with Crippen LogP contribution in [0, 0.1) is 26.0 Å². The standard InChI is InChI=1S/C46H48N4O.Pt/c1-11-31-16-15-17-32(12-2)44(31)43-29(3)48-50(30(43)4)35-24-34(46(8,9)10)25-37(27-35)51-36-20-21-39-38-18-13-14-19-40(38)49(41(39)28-36)42-26-33(22-23-47-42)45(5,6)7;/h13-26H,11-12H2,1-10H3;/q-2;+2. The average molecular weight is 868 g/mol. The Labute approximate surface area is 323 Å². The van der Waals surface area contributed by atoms with Crippen molar-refractivity contribution in [1.82, 2.24) is 19.3 Å². The number of hydrogen-bond donors (Lipinski definition) is 0. The van der Waals surface area contributed by atoms with E-state index in [1.165, 1.54) is 27.8 Å². The van der Waals surface area contributed by atoms with Crippen LogP contribution in [-0.2, 0) is 44.7 Å². The van der Waals surface area contributed by atoms with Crippen LogP contribution in [0.1, 0.15) is 89.0 Å². The molecular formula is C46H48N4OPt. The van der Waals surface area contributed by atoms with Crippen molar-refractivity contribution in [3.8, 4) is 34.1 Å². The fraction of sp³-hybridized carbons (Fsp3) is 0.304. The summed E-state index contributed by atoms with van der Waals surface area (Å²) in [4.78, 5) is 4.84. The molecule has 268 valence electrons. The van der Waals surface area contributed by atoms with Crippen LogP contribution >= 0.6 is 0 Å². The third kappa shape index (κ3) is 6.76. The minimum Gasteiger partial charge on any atom is -0.509 e. The third-order valence-electron chi connectivity index (χ3n) is 10.1. The number of pyridine rings is 1. The first-order valence-electron chi connectivity index (χ1n) is 18.1. The van der Waals surface area contributed by atoms with Crippen molar-refractivity contribution >= 4 is 21.8 Å². The van der Waals surface area contributed by atoms with Gasteiger partial charge in [0.1, 0.15) is 5.82 Å². The van der Waals surface area contributed by atoms with Crippen molar-refractivity contribution in [2.24, 2.45) is 0 Å². The molecule has 0 saturated heterocycles. The molecule has 0 saturated carbocycles. The number of aromatic nitrogens is 4. The number of rotatable bonds is 7. The first-order chi connectivity index (χ1) is 24.3. The molecule has 0 aliphatic carbocycles. The fourth-order valence-electron chi connectivity index (χ4n) is 7.23. The monoisotopic (exact) mass is 867 g/mol. The Morgan fingerprint density at radius 2 is 1.38 bits per heavy atom. The molecule has 3 heterocycles. The van der Waals surface area contributed by atoms with Crippen LogP contribution in [0.25, 0.3) is 44.4 Å². The topological polar surface area (TPSA) is 44.9 Å². The third-order valence-corrected chi connectivity index (χ3v) is 10.1. The normalized spacial score (nSPS) is 12.0. The Bertz CT molecular complexity index is 2400. The van der Waals surface area contributed by atoms with Gasteiger partial charge in [0.25, 0.3) is 0 Å². The van der Waals surface area contributed by atoms with Gasteiger partial charge >= 0.3 is 21.1 Å². The predicted octanol–water partition coefficient (Wildman–Crippen LogP) is 11.8. The summed E-state index contributed by atoms with van der Waals surface area (Å²) in [5.74, 6) is 2.10. The van der Waals surface area contributed by atoms with E-state index in [0.717, 1.165) is 63.1 Å². The summed E-state index contributed by atoms with van der Waals surface area (Å²) in [6.45, 7) is 22.1. The van der Waals surface area contributed by atoms with Gasteiger partial charge in [0.15, 0.2) is 0 Å². The van der Waals surface area contributed by atoms with Gasteiger partial charge in [-0.15, -0.1) is 41.3 Å². The van der Waals surface area contributed by atoms with Crippen LogP contribution in [0.2, 0.25) is 0 Å². The van der Waals surface area contributed by atoms with E-state index < -0.39 is 0 Å². The number of para-hydroxylation sites is 1. The molecular weight excluding hydrogens is 820 g/mol. The van der Waals surface area contributed by atoms with Crippen LogP contribution in [0.15, 0.2) is 85.1 Å². The summed E-state index contributed by atoms with van der Waals surface area (Å²) >= 11 is 0. The molecule has 5 nitrogen and oxygen atoms in total. The smallest absolute Gasteiger partial charge is 0.509 e. The largest absolute Gasteiger partial charge is 2.00 e. The molecule has 0 atom stereocenters. The average Bonchev–Trinajstić information content (AvgIpc) is 3.59. The maximum atomic E-state index is 6.70. The summed E-state index contributed by atoms with van der Waals surface area (Å²) in [6.07, 6.45) is 3.84. The molecule has 0 aliphatic heterocycles. The van der Waals surface area contributed by atoms with Gasteiger partial charge in [-0.05, 0) is 89.0 Å². The Morgan fingerprint density at radius 3 is 2.06 bits per heavy atom. The number of nitrogens with zero attached hydrogens (tertiary/aromatic N) is 4. The van der Waals surface area contributed by atoms with Crippen molar-refractivity contribution in [2.45, 2.75) is 92.9 Å². The van der Waals surface area contributed by atoms with Gasteiger partial charge in [0, 0.05) is 34.5 Å². The number of ether oxygens (including phenoxy) is 1. The second-order valence-corrected chi connectivity index (χ2v) is 15.7. The van der Waals surface area contributed by atoms with Gasteiger partial charge in [0.05, 0.1) is 5.69 Å². The van der Waals surface area contributed by atoms with Gasteiger partial charge in [-0.25, -0.2) is 4.98 Å². The van der Waals surface area contributed by atoms with E-state index in [-0.39, 0.29) is 31.9 Å². The summed E-state index contributed by atoms with van der Waals surface area (Å²) < 4.78 is 10.9. The van der Waals surface area contributed by atoms with E-state index in [1.54, 1.807) is 0 Å². The SMILES string of the molecule is CCc1cccc(CC)c1-c1c(C)nn(-c2[c-]c(Oc3[c-]c4c(cc3)c3ccccc3n4-c3cc(C(C)(C)C)ccn3)cc(C(C)(C)C)c2)c1C.[Pt+2]. The molecule has 6 heteroatoms. The second-order valence-electron chi connectivity index (χ2n) is 15.7. The number of aryl methyl sites for hydroxylation is 3. The van der Waals surface area contributed by atoms with E-state index in [4.69, 9.17) is 14.8 Å². The van der Waals surface area contributed by atoms with E-state index >= 15 is 0 Å². The Morgan fingerprint density at radius 1 is 0.692 bits per heavy atom. The predicted molar refractivity (Wildman–Crippen MR) is 211 cm³/mol. The van der Waals surface area contributed by atoms with E-state index in [1.807, 2.05) is 16.9 Å². The Hall–Kier alpha value is -4.47. The molecule has 0 radical (unpaired) electrons. The van der Waals surface area contributed by atoms with Crippen LogP contribution in [0.4, 0.5) is 0 Å². The first kappa shape index (κ1) is 37.3. The molecule has 7 aromatic rings. The molecule has 7 rings (SSSR count). The van der Waals surface area contributed by atoms with Gasteiger partial charge in [-0.3, -0.25) is 4.68 Å². The van der Waals surface area contributed by atoms with Gasteiger partial charge in [-0.1, -0.05) is 97.3 Å². The molecule has 0 aliphatic rings. The minimum atomic E-state index is -0.130. The zero-order chi connectivity index (χ0) is 36.2. The van der Waals surface area contributed by atoms with Crippen molar-refractivity contribution in [1.29, 1.82) is 0 Å². The minimum absolute atomic E-state index is 0. The number of hydrogen-bond acceptors (Lipinski definition) is 3. The van der Waals surface area contributed by atoms with E-state index in [0.29, 0.717) is 11.5 Å². The maximum Gasteiger partial charge on any atom is 2.00 e. The number of fused-ring (bicyclic) bond motifs is 3. The fourth-order valence-corrected chi connectivity index (χ4v) is 7.23. The van der Waals surface area contributed by atoms with Crippen LogP contribution in [-0.4, -0.2) is 19.3 Å². The molecule has 0 fully saturated rings. The molecule has 0 unspecified atom stereocenters. The molecule has 0 N–H and O–H groups in total. The van der Waals surface area contributed by atoms with Crippen molar-refractivity contribution in [2.75, 3.05) is 0 Å². The van der Waals surface area contributed by atoms with Crippen molar-refractivity contribution in [3.05, 3.63) is 131 Å². The summed E-state index contributed by atoms with van der Waals surface area (Å²) in [5.41, 5.74) is 12.4. The second kappa shape index (κ2) is 14.2. The molecule has 3 aromatic heterocycles. The van der Waals surface area contributed by atoms with Crippen LogP contribution < -0.4 is 4.74 Å². The molecule has 4 aromatic carbocycles. The van der Waals surface area contributed by atoms with Crippen molar-refractivity contribution in [3.63, 3.8) is 0 Å². The Balaban J connectivity index is 0.00000464. The Kier molecular flexibility index (Phi) is 10.2. The summed E-state index contributed by atoms with van der Waals surface area (Å²) in [7, 11) is 0. The zero-order valence-corrected chi connectivity index (χ0v) is 34.3. The number of benzene rings is 4. The van der Waals surface area contributed by atoms with Crippen molar-refractivity contribution < 1.29 is 25.8 Å². The molecule has 52 heavy (non-hydrogen) atoms. The van der Waals surface area contributed by atoms with E-state index in [2.05, 4.69) is 159 Å². The van der Waals surface area contributed by atoms with Gasteiger partial charge in [0.2, 0.25) is 0 Å². The van der Waals surface area contributed by atoms with Crippen LogP contribution in [0.5, 0.6) is 11.5 Å². The quantitative estimate of drug-likeness (QED) is 0.150. The van der Waals surface area contributed by atoms with Gasteiger partial charge < -0.3 is 9.30 Å². The van der Waals surface area contributed by atoms with E-state index in [9.17, 15) is 0 Å². The first-order valence-corrected chi connectivity index (χ1v) is 18.1. The summed E-state index contributed by atoms with van der Waals surface area (Å²) in [5, 5.41) is 7.38. The zero-order valence-electron chi connectivity index (χ0n) is 32.0. The molecule has 0 amide bonds. The molecule has 0 spiro atoms. The maximum absolute atomic E-state index is 6.70. The van der Waals surface area contributed by atoms with Gasteiger partial charge in [-0.2, -0.15) is 11.2 Å².